The average molecular weight is 296 g/mol. The van der Waals surface area contributed by atoms with Gasteiger partial charge in [-0.3, -0.25) is 9.59 Å². The van der Waals surface area contributed by atoms with Gasteiger partial charge in [0.25, 0.3) is 0 Å². The van der Waals surface area contributed by atoms with Gasteiger partial charge in [-0.1, -0.05) is 32.6 Å². The molecule has 3 N–H and O–H groups in total. The van der Waals surface area contributed by atoms with Gasteiger partial charge < -0.3 is 15.7 Å². The quantitative estimate of drug-likeness (QED) is 0.725. The lowest BCUT2D eigenvalue weighted by molar-refractivity contribution is -0.139. The molecule has 5 heteroatoms. The Labute approximate surface area is 126 Å². The van der Waals surface area contributed by atoms with E-state index in [-0.39, 0.29) is 18.4 Å². The maximum Gasteiger partial charge on any atom is 0.305 e. The summed E-state index contributed by atoms with van der Waals surface area (Å²) in [5, 5.41) is 15.5. The van der Waals surface area contributed by atoms with Crippen LogP contribution in [0.15, 0.2) is 0 Å². The van der Waals surface area contributed by atoms with Crippen LogP contribution in [-0.2, 0) is 9.59 Å². The van der Waals surface area contributed by atoms with Gasteiger partial charge in [-0.2, -0.15) is 0 Å². The Morgan fingerprint density at radius 1 is 1.29 bits per heavy atom. The summed E-state index contributed by atoms with van der Waals surface area (Å²) in [6, 6.07) is -0.156. The van der Waals surface area contributed by atoms with Gasteiger partial charge in [0.2, 0.25) is 5.91 Å². The van der Waals surface area contributed by atoms with E-state index in [4.69, 9.17) is 5.11 Å². The van der Waals surface area contributed by atoms with Crippen molar-refractivity contribution in [3.8, 4) is 0 Å². The zero-order valence-corrected chi connectivity index (χ0v) is 13.0. The molecule has 2 fully saturated rings. The molecular weight excluding hydrogens is 268 g/mol. The van der Waals surface area contributed by atoms with Crippen LogP contribution in [0.1, 0.15) is 64.7 Å². The predicted octanol–water partition coefficient (Wildman–Crippen LogP) is 2.06. The van der Waals surface area contributed by atoms with E-state index in [2.05, 4.69) is 17.6 Å². The van der Waals surface area contributed by atoms with E-state index < -0.39 is 11.5 Å². The summed E-state index contributed by atoms with van der Waals surface area (Å²) in [7, 11) is 0. The van der Waals surface area contributed by atoms with Crippen LogP contribution in [0.2, 0.25) is 0 Å². The number of piperidine rings is 1. The molecule has 1 aliphatic carbocycles. The number of hydrogen-bond donors (Lipinski definition) is 3. The van der Waals surface area contributed by atoms with Crippen molar-refractivity contribution in [2.75, 3.05) is 6.54 Å². The smallest absolute Gasteiger partial charge is 0.305 e. The molecule has 2 rings (SSSR count). The fourth-order valence-corrected chi connectivity index (χ4v) is 3.78. The van der Waals surface area contributed by atoms with Crippen molar-refractivity contribution in [3.05, 3.63) is 0 Å². The highest BCUT2D eigenvalue weighted by Crippen LogP contribution is 2.31. The Hall–Kier alpha value is -1.10. The summed E-state index contributed by atoms with van der Waals surface area (Å²) in [6.07, 6.45) is 7.85. The summed E-state index contributed by atoms with van der Waals surface area (Å²) in [6.45, 7) is 3.04. The van der Waals surface area contributed by atoms with Crippen molar-refractivity contribution in [3.63, 3.8) is 0 Å². The fourth-order valence-electron chi connectivity index (χ4n) is 3.78. The van der Waals surface area contributed by atoms with E-state index in [0.29, 0.717) is 5.92 Å². The first kappa shape index (κ1) is 16.3. The third-order valence-corrected chi connectivity index (χ3v) is 5.09. The number of carboxylic acids is 1. The van der Waals surface area contributed by atoms with Crippen LogP contribution in [0.3, 0.4) is 0 Å². The van der Waals surface area contributed by atoms with Gasteiger partial charge in [0.05, 0.1) is 18.0 Å². The minimum atomic E-state index is -0.819. The summed E-state index contributed by atoms with van der Waals surface area (Å²) in [5.74, 6) is -0.222. The number of carbonyl (C=O) groups excluding carboxylic acids is 1. The minimum Gasteiger partial charge on any atom is -0.481 e. The molecular formula is C16H28N2O3. The van der Waals surface area contributed by atoms with Crippen LogP contribution in [0.25, 0.3) is 0 Å². The maximum atomic E-state index is 12.5. The molecule has 0 aromatic rings. The van der Waals surface area contributed by atoms with Crippen molar-refractivity contribution < 1.29 is 14.7 Å². The van der Waals surface area contributed by atoms with Gasteiger partial charge >= 0.3 is 5.97 Å². The van der Waals surface area contributed by atoms with Crippen LogP contribution in [0, 0.1) is 5.92 Å². The lowest BCUT2D eigenvalue weighted by Crippen LogP contribution is -2.57. The summed E-state index contributed by atoms with van der Waals surface area (Å²) in [4.78, 5) is 23.7. The number of carboxylic acid groups (broad SMARTS) is 1. The molecule has 1 saturated carbocycles. The number of rotatable bonds is 5. The van der Waals surface area contributed by atoms with Crippen LogP contribution in [0.4, 0.5) is 0 Å². The van der Waals surface area contributed by atoms with Crippen LogP contribution in [0.5, 0.6) is 0 Å². The highest BCUT2D eigenvalue weighted by atomic mass is 16.4. The molecule has 0 aromatic heterocycles. The Kier molecular flexibility index (Phi) is 5.62. The lowest BCUT2D eigenvalue weighted by Gasteiger charge is -2.39. The predicted molar refractivity (Wildman–Crippen MR) is 81.0 cm³/mol. The Balaban J connectivity index is 1.98. The zero-order valence-electron chi connectivity index (χ0n) is 13.0. The number of aliphatic carboxylic acids is 1. The third-order valence-electron chi connectivity index (χ3n) is 5.09. The standard InChI is InChI=1S/C16H28N2O3/c1-2-12-6-9-17-13(10-12)15(21)18-16(11-14(19)20)7-4-3-5-8-16/h12-13,17H,2-11H2,1H3,(H,18,21)(H,19,20). The van der Waals surface area contributed by atoms with E-state index in [1.807, 2.05) is 0 Å². The number of amides is 1. The first-order chi connectivity index (χ1) is 10.0. The molecule has 2 atom stereocenters. The molecule has 1 heterocycles. The SMILES string of the molecule is CCC1CCNC(C(=O)NC2(CC(=O)O)CCCCC2)C1. The van der Waals surface area contributed by atoms with E-state index in [1.165, 1.54) is 0 Å². The zero-order chi connectivity index (χ0) is 15.3. The molecule has 120 valence electrons. The van der Waals surface area contributed by atoms with Crippen LogP contribution >= 0.6 is 0 Å². The highest BCUT2D eigenvalue weighted by molar-refractivity contribution is 5.83. The molecule has 0 aromatic carbocycles. The van der Waals surface area contributed by atoms with E-state index in [9.17, 15) is 9.59 Å². The average Bonchev–Trinajstić information content (AvgIpc) is 2.47. The van der Waals surface area contributed by atoms with Crippen molar-refractivity contribution in [2.45, 2.75) is 76.3 Å². The largest absolute Gasteiger partial charge is 0.481 e. The number of nitrogens with one attached hydrogen (secondary N) is 2. The van der Waals surface area contributed by atoms with Gasteiger partial charge in [-0.15, -0.1) is 0 Å². The molecule has 0 radical (unpaired) electrons. The topological polar surface area (TPSA) is 78.4 Å². The first-order valence-electron chi connectivity index (χ1n) is 8.32. The molecule has 1 amide bonds. The molecule has 2 aliphatic rings. The monoisotopic (exact) mass is 296 g/mol. The van der Waals surface area contributed by atoms with E-state index >= 15 is 0 Å². The Morgan fingerprint density at radius 2 is 2.00 bits per heavy atom. The fraction of sp³-hybridized carbons (Fsp3) is 0.875. The minimum absolute atomic E-state index is 0.00343. The number of hydrogen-bond acceptors (Lipinski definition) is 3. The molecule has 1 saturated heterocycles. The van der Waals surface area contributed by atoms with Crippen LogP contribution < -0.4 is 10.6 Å². The molecule has 5 nitrogen and oxygen atoms in total. The van der Waals surface area contributed by atoms with Gasteiger partial charge in [0, 0.05) is 0 Å². The second-order valence-electron chi connectivity index (χ2n) is 6.71. The summed E-state index contributed by atoms with van der Waals surface area (Å²) >= 11 is 0. The number of carbonyl (C=O) groups is 2. The molecule has 21 heavy (non-hydrogen) atoms. The van der Waals surface area contributed by atoms with Gasteiger partial charge in [-0.05, 0) is 38.1 Å². The Morgan fingerprint density at radius 3 is 2.62 bits per heavy atom. The summed E-state index contributed by atoms with van der Waals surface area (Å²) in [5.41, 5.74) is -0.526. The molecule has 2 unspecified atom stereocenters. The maximum absolute atomic E-state index is 12.5. The van der Waals surface area contributed by atoms with Gasteiger partial charge in [0.15, 0.2) is 0 Å². The van der Waals surface area contributed by atoms with E-state index in [0.717, 1.165) is 57.9 Å². The van der Waals surface area contributed by atoms with E-state index in [1.54, 1.807) is 0 Å². The summed E-state index contributed by atoms with van der Waals surface area (Å²) < 4.78 is 0. The Bertz CT molecular complexity index is 378. The van der Waals surface area contributed by atoms with Gasteiger partial charge in [-0.25, -0.2) is 0 Å². The lowest BCUT2D eigenvalue weighted by atomic mass is 9.78. The van der Waals surface area contributed by atoms with Crippen molar-refractivity contribution in [2.24, 2.45) is 5.92 Å². The molecule has 0 spiro atoms. The van der Waals surface area contributed by atoms with Crippen LogP contribution in [-0.4, -0.2) is 35.1 Å². The third kappa shape index (κ3) is 4.43. The highest BCUT2D eigenvalue weighted by Gasteiger charge is 2.38. The van der Waals surface area contributed by atoms with Crippen molar-refractivity contribution in [1.82, 2.24) is 10.6 Å². The molecule has 0 bridgehead atoms. The van der Waals surface area contributed by atoms with Crippen molar-refractivity contribution in [1.29, 1.82) is 0 Å². The van der Waals surface area contributed by atoms with Gasteiger partial charge in [0.1, 0.15) is 0 Å². The normalized spacial score (nSPS) is 28.8. The second-order valence-corrected chi connectivity index (χ2v) is 6.71. The van der Waals surface area contributed by atoms with Crippen molar-refractivity contribution >= 4 is 11.9 Å². The molecule has 1 aliphatic heterocycles. The second kappa shape index (κ2) is 7.25. The first-order valence-corrected chi connectivity index (χ1v) is 8.32.